The number of rotatable bonds is 5. The summed E-state index contributed by atoms with van der Waals surface area (Å²) in [5.41, 5.74) is 0.853. The van der Waals surface area contributed by atoms with E-state index >= 15 is 0 Å². The van der Waals surface area contributed by atoms with Gasteiger partial charge in [-0.25, -0.2) is 0 Å². The minimum atomic E-state index is 0.0615. The Bertz CT molecular complexity index is 565. The van der Waals surface area contributed by atoms with Gasteiger partial charge in [-0.2, -0.15) is 0 Å². The van der Waals surface area contributed by atoms with Crippen molar-refractivity contribution in [3.05, 3.63) is 30.3 Å². The van der Waals surface area contributed by atoms with Gasteiger partial charge in [-0.05, 0) is 38.1 Å². The fourth-order valence-corrected chi connectivity index (χ4v) is 3.41. The maximum absolute atomic E-state index is 12.3. The molecule has 136 valence electrons. The van der Waals surface area contributed by atoms with Crippen molar-refractivity contribution in [2.24, 2.45) is 5.92 Å². The number of morpholine rings is 1. The van der Waals surface area contributed by atoms with Crippen molar-refractivity contribution >= 4 is 17.5 Å². The van der Waals surface area contributed by atoms with Gasteiger partial charge in [0.1, 0.15) is 0 Å². The van der Waals surface area contributed by atoms with Crippen LogP contribution in [0.4, 0.5) is 5.69 Å². The topological polar surface area (TPSA) is 61.9 Å². The molecule has 2 heterocycles. The first-order valence-corrected chi connectivity index (χ1v) is 9.16. The predicted molar refractivity (Wildman–Crippen MR) is 96.3 cm³/mol. The first-order chi connectivity index (χ1) is 12.2. The summed E-state index contributed by atoms with van der Waals surface area (Å²) in [4.78, 5) is 28.7. The molecule has 1 N–H and O–H groups in total. The number of anilines is 1. The third-order valence-electron chi connectivity index (χ3n) is 5.01. The third-order valence-corrected chi connectivity index (χ3v) is 5.01. The average molecular weight is 345 g/mol. The number of carbonyl (C=O) groups excluding carboxylic acids is 2. The van der Waals surface area contributed by atoms with Crippen LogP contribution in [-0.4, -0.2) is 67.6 Å². The predicted octanol–water partition coefficient (Wildman–Crippen LogP) is 1.59. The van der Waals surface area contributed by atoms with Crippen molar-refractivity contribution < 1.29 is 14.3 Å². The van der Waals surface area contributed by atoms with Gasteiger partial charge >= 0.3 is 0 Å². The van der Waals surface area contributed by atoms with Gasteiger partial charge in [-0.3, -0.25) is 9.59 Å². The number of benzene rings is 1. The van der Waals surface area contributed by atoms with Crippen molar-refractivity contribution in [2.45, 2.75) is 19.3 Å². The molecule has 2 fully saturated rings. The van der Waals surface area contributed by atoms with Crippen LogP contribution in [0.1, 0.15) is 19.3 Å². The van der Waals surface area contributed by atoms with Gasteiger partial charge in [0.25, 0.3) is 0 Å². The molecule has 0 spiro atoms. The molecule has 0 unspecified atom stereocenters. The second-order valence-corrected chi connectivity index (χ2v) is 6.71. The smallest absolute Gasteiger partial charge is 0.227 e. The van der Waals surface area contributed by atoms with E-state index in [4.69, 9.17) is 4.74 Å². The number of nitrogens with zero attached hydrogens (tertiary/aromatic N) is 2. The summed E-state index contributed by atoms with van der Waals surface area (Å²) >= 11 is 0. The minimum absolute atomic E-state index is 0.0615. The molecule has 25 heavy (non-hydrogen) atoms. The Kier molecular flexibility index (Phi) is 6.42. The van der Waals surface area contributed by atoms with Crippen LogP contribution in [0.2, 0.25) is 0 Å². The van der Waals surface area contributed by atoms with Gasteiger partial charge in [-0.15, -0.1) is 0 Å². The van der Waals surface area contributed by atoms with Crippen molar-refractivity contribution in [1.29, 1.82) is 0 Å². The Morgan fingerprint density at radius 1 is 1.04 bits per heavy atom. The van der Waals surface area contributed by atoms with Crippen LogP contribution in [0.15, 0.2) is 30.3 Å². The highest BCUT2D eigenvalue weighted by atomic mass is 16.5. The summed E-state index contributed by atoms with van der Waals surface area (Å²) in [5, 5.41) is 2.99. The number of nitrogens with one attached hydrogen (secondary N) is 1. The largest absolute Gasteiger partial charge is 0.378 e. The molecule has 1 aromatic carbocycles. The van der Waals surface area contributed by atoms with E-state index in [1.807, 2.05) is 35.2 Å². The van der Waals surface area contributed by atoms with Crippen LogP contribution >= 0.6 is 0 Å². The normalized spacial score (nSPS) is 19.6. The number of hydrogen-bond acceptors (Lipinski definition) is 4. The second kappa shape index (κ2) is 8.97. The van der Waals surface area contributed by atoms with E-state index in [1.165, 1.54) is 0 Å². The molecule has 3 rings (SSSR count). The van der Waals surface area contributed by atoms with Crippen LogP contribution in [-0.2, 0) is 14.3 Å². The summed E-state index contributed by atoms with van der Waals surface area (Å²) in [5.74, 6) is 0.383. The van der Waals surface area contributed by atoms with Crippen molar-refractivity contribution in [1.82, 2.24) is 9.80 Å². The number of hydrogen-bond donors (Lipinski definition) is 1. The van der Waals surface area contributed by atoms with E-state index in [-0.39, 0.29) is 17.7 Å². The molecule has 0 saturated carbocycles. The molecule has 2 aliphatic rings. The fraction of sp³-hybridized carbons (Fsp3) is 0.579. The summed E-state index contributed by atoms with van der Waals surface area (Å²) in [6.45, 7) is 5.25. The summed E-state index contributed by atoms with van der Waals surface area (Å²) in [6.07, 6.45) is 2.26. The summed E-state index contributed by atoms with van der Waals surface area (Å²) < 4.78 is 5.28. The van der Waals surface area contributed by atoms with E-state index < -0.39 is 0 Å². The van der Waals surface area contributed by atoms with Crippen molar-refractivity contribution in [2.75, 3.05) is 51.3 Å². The number of para-hydroxylation sites is 1. The van der Waals surface area contributed by atoms with Crippen LogP contribution < -0.4 is 5.32 Å². The lowest BCUT2D eigenvalue weighted by Gasteiger charge is -2.32. The maximum Gasteiger partial charge on any atom is 0.227 e. The lowest BCUT2D eigenvalue weighted by Crippen LogP contribution is -2.43. The Morgan fingerprint density at radius 3 is 2.40 bits per heavy atom. The van der Waals surface area contributed by atoms with Crippen LogP contribution in [0.5, 0.6) is 0 Å². The summed E-state index contributed by atoms with van der Waals surface area (Å²) in [7, 11) is 0. The van der Waals surface area contributed by atoms with E-state index in [2.05, 4.69) is 10.2 Å². The fourth-order valence-electron chi connectivity index (χ4n) is 3.41. The van der Waals surface area contributed by atoms with Crippen LogP contribution in [0.25, 0.3) is 0 Å². The molecule has 0 bridgehead atoms. The quantitative estimate of drug-likeness (QED) is 0.880. The molecule has 0 aliphatic carbocycles. The standard InChI is InChI=1S/C19H27N3O3/c23-18(22-12-14-25-15-13-22)8-11-21-9-6-16(7-10-21)19(24)20-17-4-2-1-3-5-17/h1-5,16H,6-15H2,(H,20,24). The zero-order chi connectivity index (χ0) is 17.5. The summed E-state index contributed by atoms with van der Waals surface area (Å²) in [6, 6.07) is 9.59. The Hall–Kier alpha value is -1.92. The van der Waals surface area contributed by atoms with Crippen molar-refractivity contribution in [3.8, 4) is 0 Å². The van der Waals surface area contributed by atoms with Gasteiger partial charge in [-0.1, -0.05) is 18.2 Å². The average Bonchev–Trinajstić information content (AvgIpc) is 2.68. The zero-order valence-electron chi connectivity index (χ0n) is 14.7. The number of carbonyl (C=O) groups is 2. The lowest BCUT2D eigenvalue weighted by atomic mass is 9.95. The molecule has 0 radical (unpaired) electrons. The molecule has 2 saturated heterocycles. The lowest BCUT2D eigenvalue weighted by molar-refractivity contribution is -0.135. The van der Waals surface area contributed by atoms with Gasteiger partial charge in [0, 0.05) is 37.7 Å². The molecule has 0 atom stereocenters. The Labute approximate surface area is 149 Å². The molecule has 0 aromatic heterocycles. The second-order valence-electron chi connectivity index (χ2n) is 6.71. The molecule has 6 heteroatoms. The molecule has 1 aromatic rings. The number of ether oxygens (including phenoxy) is 1. The van der Waals surface area contributed by atoms with E-state index in [9.17, 15) is 9.59 Å². The van der Waals surface area contributed by atoms with E-state index in [0.717, 1.165) is 38.2 Å². The molecular formula is C19H27N3O3. The van der Waals surface area contributed by atoms with Gasteiger partial charge < -0.3 is 19.9 Å². The molecule has 6 nitrogen and oxygen atoms in total. The highest BCUT2D eigenvalue weighted by Crippen LogP contribution is 2.19. The maximum atomic E-state index is 12.3. The van der Waals surface area contributed by atoms with E-state index in [0.29, 0.717) is 32.7 Å². The van der Waals surface area contributed by atoms with E-state index in [1.54, 1.807) is 0 Å². The highest BCUT2D eigenvalue weighted by molar-refractivity contribution is 5.92. The minimum Gasteiger partial charge on any atom is -0.378 e. The van der Waals surface area contributed by atoms with Crippen LogP contribution in [0, 0.1) is 5.92 Å². The third kappa shape index (κ3) is 5.28. The first-order valence-electron chi connectivity index (χ1n) is 9.16. The van der Waals surface area contributed by atoms with Crippen molar-refractivity contribution in [3.63, 3.8) is 0 Å². The van der Waals surface area contributed by atoms with Gasteiger partial charge in [0.05, 0.1) is 13.2 Å². The SMILES string of the molecule is O=C(Nc1ccccc1)C1CCN(CCC(=O)N2CCOCC2)CC1. The zero-order valence-corrected chi connectivity index (χ0v) is 14.7. The molecule has 2 aliphatic heterocycles. The Balaban J connectivity index is 1.36. The first kappa shape index (κ1) is 17.9. The number of amides is 2. The number of piperidine rings is 1. The molecular weight excluding hydrogens is 318 g/mol. The molecule has 2 amide bonds. The van der Waals surface area contributed by atoms with Gasteiger partial charge in [0.2, 0.25) is 11.8 Å². The highest BCUT2D eigenvalue weighted by Gasteiger charge is 2.25. The van der Waals surface area contributed by atoms with Crippen LogP contribution in [0.3, 0.4) is 0 Å². The monoisotopic (exact) mass is 345 g/mol. The Morgan fingerprint density at radius 2 is 1.72 bits per heavy atom. The number of likely N-dealkylation sites (tertiary alicyclic amines) is 1. The van der Waals surface area contributed by atoms with Gasteiger partial charge in [0.15, 0.2) is 0 Å².